The number of carbonyl (C=O) groups excluding carboxylic acids is 1. The molecule has 0 aliphatic heterocycles. The van der Waals surface area contributed by atoms with Crippen LogP contribution in [0.15, 0.2) is 18.2 Å². The summed E-state index contributed by atoms with van der Waals surface area (Å²) in [6.07, 6.45) is 0.871. The number of alkyl halides is 1. The van der Waals surface area contributed by atoms with Gasteiger partial charge in [-0.25, -0.2) is 4.39 Å². The van der Waals surface area contributed by atoms with Crippen molar-refractivity contribution in [3.05, 3.63) is 34.6 Å². The highest BCUT2D eigenvalue weighted by molar-refractivity contribution is 9.09. The van der Waals surface area contributed by atoms with Crippen molar-refractivity contribution < 1.29 is 9.18 Å². The van der Waals surface area contributed by atoms with Crippen LogP contribution < -0.4 is 5.32 Å². The topological polar surface area (TPSA) is 29.1 Å². The van der Waals surface area contributed by atoms with Gasteiger partial charge in [-0.3, -0.25) is 4.79 Å². The molecule has 1 aromatic carbocycles. The molecule has 100 valence electrons. The predicted octanol–water partition coefficient (Wildman–Crippen LogP) is 4.02. The Morgan fingerprint density at radius 2 is 2.17 bits per heavy atom. The summed E-state index contributed by atoms with van der Waals surface area (Å²) < 4.78 is 12.9. The maximum Gasteiger partial charge on any atom is 0.253 e. The van der Waals surface area contributed by atoms with Crippen LogP contribution in [-0.2, 0) is 0 Å². The van der Waals surface area contributed by atoms with E-state index in [0.29, 0.717) is 16.8 Å². The molecule has 0 saturated heterocycles. The molecule has 1 aromatic rings. The van der Waals surface area contributed by atoms with Crippen LogP contribution in [0.1, 0.15) is 30.6 Å². The van der Waals surface area contributed by atoms with Crippen molar-refractivity contribution in [1.82, 2.24) is 5.32 Å². The Bertz CT molecular complexity index is 425. The molecule has 18 heavy (non-hydrogen) atoms. The van der Waals surface area contributed by atoms with E-state index in [9.17, 15) is 9.18 Å². The molecule has 0 bridgehead atoms. The first-order valence-electron chi connectivity index (χ1n) is 5.76. The average molecular weight is 337 g/mol. The van der Waals surface area contributed by atoms with Crippen LogP contribution in [0.3, 0.4) is 0 Å². The van der Waals surface area contributed by atoms with E-state index in [1.54, 1.807) is 0 Å². The van der Waals surface area contributed by atoms with Crippen molar-refractivity contribution in [2.75, 3.05) is 5.33 Å². The number of nitrogens with one attached hydrogen (secondary N) is 1. The summed E-state index contributed by atoms with van der Waals surface area (Å²) in [6, 6.07) is 3.81. The second-order valence-corrected chi connectivity index (χ2v) is 5.63. The quantitative estimate of drug-likeness (QED) is 0.809. The summed E-state index contributed by atoms with van der Waals surface area (Å²) in [5, 5.41) is 3.69. The standard InChI is InChI=1S/C13H16BrClFNO/c1-8(2)5-10(7-14)17-13(18)11-4-3-9(16)6-12(11)15/h3-4,6,8,10H,5,7H2,1-2H3,(H,17,18). The minimum atomic E-state index is -0.448. The van der Waals surface area contributed by atoms with Crippen molar-refractivity contribution in [3.8, 4) is 0 Å². The molecular formula is C13H16BrClFNO. The minimum Gasteiger partial charge on any atom is -0.348 e. The van der Waals surface area contributed by atoms with Gasteiger partial charge in [-0.05, 0) is 30.5 Å². The molecule has 1 atom stereocenters. The smallest absolute Gasteiger partial charge is 0.253 e. The molecule has 2 nitrogen and oxygen atoms in total. The van der Waals surface area contributed by atoms with Gasteiger partial charge in [0.25, 0.3) is 5.91 Å². The van der Waals surface area contributed by atoms with Crippen molar-refractivity contribution >= 4 is 33.4 Å². The van der Waals surface area contributed by atoms with E-state index < -0.39 is 5.82 Å². The molecule has 1 rings (SSSR count). The number of amides is 1. The zero-order valence-electron chi connectivity index (χ0n) is 10.3. The van der Waals surface area contributed by atoms with Gasteiger partial charge in [-0.15, -0.1) is 0 Å². The van der Waals surface area contributed by atoms with Crippen LogP contribution in [-0.4, -0.2) is 17.3 Å². The summed E-state index contributed by atoms with van der Waals surface area (Å²) in [5.41, 5.74) is 0.299. The highest BCUT2D eigenvalue weighted by Gasteiger charge is 2.16. The molecule has 0 radical (unpaired) electrons. The third kappa shape index (κ3) is 4.58. The van der Waals surface area contributed by atoms with Gasteiger partial charge in [0.15, 0.2) is 0 Å². The van der Waals surface area contributed by atoms with Gasteiger partial charge in [-0.2, -0.15) is 0 Å². The number of rotatable bonds is 5. The van der Waals surface area contributed by atoms with Gasteiger partial charge in [-0.1, -0.05) is 41.4 Å². The minimum absolute atomic E-state index is 0.0404. The van der Waals surface area contributed by atoms with E-state index in [-0.39, 0.29) is 17.0 Å². The Morgan fingerprint density at radius 1 is 1.50 bits per heavy atom. The third-order valence-electron chi connectivity index (χ3n) is 2.45. The lowest BCUT2D eigenvalue weighted by Crippen LogP contribution is -2.37. The average Bonchev–Trinajstić information content (AvgIpc) is 2.27. The summed E-state index contributed by atoms with van der Waals surface area (Å²) >= 11 is 9.21. The summed E-state index contributed by atoms with van der Waals surface area (Å²) in [7, 11) is 0. The van der Waals surface area contributed by atoms with Crippen LogP contribution in [0.25, 0.3) is 0 Å². The lowest BCUT2D eigenvalue weighted by Gasteiger charge is -2.18. The molecule has 1 N–H and O–H groups in total. The molecule has 1 amide bonds. The number of carbonyl (C=O) groups is 1. The third-order valence-corrected chi connectivity index (χ3v) is 3.55. The monoisotopic (exact) mass is 335 g/mol. The Hall–Kier alpha value is -0.610. The van der Waals surface area contributed by atoms with Crippen molar-refractivity contribution in [3.63, 3.8) is 0 Å². The second kappa shape index (κ2) is 7.10. The predicted molar refractivity (Wildman–Crippen MR) is 75.9 cm³/mol. The maximum absolute atomic E-state index is 12.9. The Labute approximate surface area is 120 Å². The van der Waals surface area contributed by atoms with Crippen LogP contribution in [0.2, 0.25) is 5.02 Å². The van der Waals surface area contributed by atoms with Crippen LogP contribution in [0, 0.1) is 11.7 Å². The first-order valence-corrected chi connectivity index (χ1v) is 7.25. The van der Waals surface area contributed by atoms with E-state index in [4.69, 9.17) is 11.6 Å². The molecule has 0 aliphatic rings. The summed E-state index contributed by atoms with van der Waals surface area (Å²) in [4.78, 5) is 12.0. The number of hydrogen-bond acceptors (Lipinski definition) is 1. The van der Waals surface area contributed by atoms with Crippen molar-refractivity contribution in [2.24, 2.45) is 5.92 Å². The van der Waals surface area contributed by atoms with Gasteiger partial charge in [0, 0.05) is 11.4 Å². The van der Waals surface area contributed by atoms with Crippen molar-refractivity contribution in [1.29, 1.82) is 0 Å². The fourth-order valence-corrected chi connectivity index (χ4v) is 2.35. The Balaban J connectivity index is 2.74. The van der Waals surface area contributed by atoms with Gasteiger partial charge in [0.1, 0.15) is 5.82 Å². The van der Waals surface area contributed by atoms with Gasteiger partial charge >= 0.3 is 0 Å². The first kappa shape index (κ1) is 15.4. The van der Waals surface area contributed by atoms with E-state index in [2.05, 4.69) is 35.1 Å². The molecule has 1 unspecified atom stereocenters. The maximum atomic E-state index is 12.9. The lowest BCUT2D eigenvalue weighted by molar-refractivity contribution is 0.0937. The highest BCUT2D eigenvalue weighted by atomic mass is 79.9. The van der Waals surface area contributed by atoms with E-state index in [1.807, 2.05) is 0 Å². The fourth-order valence-electron chi connectivity index (χ4n) is 1.67. The summed E-state index contributed by atoms with van der Waals surface area (Å²) in [6.45, 7) is 4.18. The SMILES string of the molecule is CC(C)CC(CBr)NC(=O)c1ccc(F)cc1Cl. The van der Waals surface area contributed by atoms with E-state index >= 15 is 0 Å². The molecule has 5 heteroatoms. The lowest BCUT2D eigenvalue weighted by atomic mass is 10.0. The number of halogens is 3. The van der Waals surface area contributed by atoms with Crippen molar-refractivity contribution in [2.45, 2.75) is 26.3 Å². The molecule has 0 fully saturated rings. The van der Waals surface area contributed by atoms with Gasteiger partial charge in [0.05, 0.1) is 10.6 Å². The van der Waals surface area contributed by atoms with E-state index in [1.165, 1.54) is 12.1 Å². The Morgan fingerprint density at radius 3 is 2.67 bits per heavy atom. The summed E-state index contributed by atoms with van der Waals surface area (Å²) in [5.74, 6) is -0.239. The molecule has 0 heterocycles. The number of benzene rings is 1. The van der Waals surface area contributed by atoms with Crippen LogP contribution in [0.5, 0.6) is 0 Å². The molecular weight excluding hydrogens is 321 g/mol. The zero-order valence-corrected chi connectivity index (χ0v) is 12.7. The molecule has 0 spiro atoms. The Kier molecular flexibility index (Phi) is 6.09. The molecule has 0 aliphatic carbocycles. The second-order valence-electron chi connectivity index (χ2n) is 4.58. The highest BCUT2D eigenvalue weighted by Crippen LogP contribution is 2.18. The fraction of sp³-hybridized carbons (Fsp3) is 0.462. The largest absolute Gasteiger partial charge is 0.348 e. The number of hydrogen-bond donors (Lipinski definition) is 1. The van der Waals surface area contributed by atoms with Gasteiger partial charge < -0.3 is 5.32 Å². The first-order chi connectivity index (χ1) is 8.43. The van der Waals surface area contributed by atoms with Gasteiger partial charge in [0.2, 0.25) is 0 Å². The molecule has 0 aromatic heterocycles. The van der Waals surface area contributed by atoms with E-state index in [0.717, 1.165) is 12.5 Å². The normalized spacial score (nSPS) is 12.6. The van der Waals surface area contributed by atoms with Crippen LogP contribution in [0.4, 0.5) is 4.39 Å². The van der Waals surface area contributed by atoms with Crippen LogP contribution >= 0.6 is 27.5 Å². The zero-order chi connectivity index (χ0) is 13.7. The molecule has 0 saturated carbocycles.